The van der Waals surface area contributed by atoms with Crippen molar-refractivity contribution in [2.45, 2.75) is 6.92 Å². The Morgan fingerprint density at radius 2 is 2.14 bits per heavy atom. The van der Waals surface area contributed by atoms with Crippen molar-refractivity contribution in [3.8, 4) is 0 Å². The molecule has 3 N–H and O–H groups in total. The lowest BCUT2D eigenvalue weighted by Gasteiger charge is -2.20. The number of nitrogens with two attached hydrogens (primary N) is 1. The summed E-state index contributed by atoms with van der Waals surface area (Å²) in [6, 6.07) is 7.97. The molecule has 0 fully saturated rings. The van der Waals surface area contributed by atoms with Crippen LogP contribution in [-0.2, 0) is 0 Å². The molecule has 0 unspecified atom stereocenters. The highest BCUT2D eigenvalue weighted by Gasteiger charge is 2.04. The van der Waals surface area contributed by atoms with Crippen molar-refractivity contribution in [1.82, 2.24) is 0 Å². The third-order valence-electron chi connectivity index (χ3n) is 2.05. The Morgan fingerprint density at radius 3 is 2.71 bits per heavy atom. The van der Waals surface area contributed by atoms with E-state index in [0.717, 1.165) is 5.69 Å². The molecule has 0 saturated carbocycles. The topological polar surface area (TPSA) is 61.8 Å². The number of hydrogen-bond acceptors (Lipinski definition) is 3. The molecule has 0 heterocycles. The molecule has 0 aliphatic carbocycles. The second-order valence-electron chi connectivity index (χ2n) is 3.23. The average molecular weight is 193 g/mol. The first kappa shape index (κ1) is 10.4. The molecule has 1 rings (SSSR count). The van der Waals surface area contributed by atoms with E-state index in [-0.39, 0.29) is 5.84 Å². The van der Waals surface area contributed by atoms with Gasteiger partial charge in [-0.05, 0) is 18.6 Å². The quantitative estimate of drug-likeness (QED) is 0.328. The summed E-state index contributed by atoms with van der Waals surface area (Å²) in [6.07, 6.45) is 0. The van der Waals surface area contributed by atoms with E-state index < -0.39 is 0 Å². The smallest absolute Gasteiger partial charge is 0.158 e. The number of benzene rings is 1. The zero-order valence-corrected chi connectivity index (χ0v) is 8.44. The van der Waals surface area contributed by atoms with Crippen LogP contribution in [0.5, 0.6) is 0 Å². The summed E-state index contributed by atoms with van der Waals surface area (Å²) in [7, 11) is 1.90. The van der Waals surface area contributed by atoms with Crippen LogP contribution in [0.2, 0.25) is 0 Å². The van der Waals surface area contributed by atoms with Crippen molar-refractivity contribution in [3.05, 3.63) is 29.8 Å². The van der Waals surface area contributed by atoms with E-state index in [1.54, 1.807) is 0 Å². The maximum Gasteiger partial charge on any atom is 0.158 e. The van der Waals surface area contributed by atoms with Crippen LogP contribution in [0.15, 0.2) is 29.4 Å². The van der Waals surface area contributed by atoms with Crippen molar-refractivity contribution in [3.63, 3.8) is 0 Å². The molecule has 4 heteroatoms. The van der Waals surface area contributed by atoms with Crippen LogP contribution < -0.4 is 10.6 Å². The van der Waals surface area contributed by atoms with Gasteiger partial charge in [0.15, 0.2) is 5.84 Å². The number of likely N-dealkylation sites (N-methyl/N-ethyl adjacent to an activating group) is 1. The Hall–Kier alpha value is -1.71. The fraction of sp³-hybridized carbons (Fsp3) is 0.300. The van der Waals surface area contributed by atoms with Crippen LogP contribution in [0.1, 0.15) is 5.56 Å². The van der Waals surface area contributed by atoms with Gasteiger partial charge in [-0.2, -0.15) is 0 Å². The minimum atomic E-state index is 0.204. The predicted molar refractivity (Wildman–Crippen MR) is 57.9 cm³/mol. The Bertz CT molecular complexity index is 336. The number of aryl methyl sites for hydroxylation is 1. The minimum absolute atomic E-state index is 0.204. The van der Waals surface area contributed by atoms with Crippen molar-refractivity contribution in [2.24, 2.45) is 10.9 Å². The largest absolute Gasteiger partial charge is 0.409 e. The molecule has 4 nitrogen and oxygen atoms in total. The molecule has 1 aromatic carbocycles. The lowest BCUT2D eigenvalue weighted by atomic mass is 10.2. The van der Waals surface area contributed by atoms with Gasteiger partial charge in [-0.25, -0.2) is 0 Å². The predicted octanol–water partition coefficient (Wildman–Crippen LogP) is 1.18. The van der Waals surface area contributed by atoms with Gasteiger partial charge in [0.1, 0.15) is 0 Å². The van der Waals surface area contributed by atoms with Gasteiger partial charge in [0.2, 0.25) is 0 Å². The highest BCUT2D eigenvalue weighted by atomic mass is 16.4. The maximum absolute atomic E-state index is 8.44. The molecule has 0 radical (unpaired) electrons. The summed E-state index contributed by atoms with van der Waals surface area (Å²) >= 11 is 0. The van der Waals surface area contributed by atoms with E-state index in [4.69, 9.17) is 10.9 Å². The van der Waals surface area contributed by atoms with Crippen LogP contribution in [0.25, 0.3) is 0 Å². The molecule has 76 valence electrons. The van der Waals surface area contributed by atoms with E-state index >= 15 is 0 Å². The van der Waals surface area contributed by atoms with E-state index in [0.29, 0.717) is 6.54 Å². The van der Waals surface area contributed by atoms with E-state index in [1.165, 1.54) is 5.56 Å². The summed E-state index contributed by atoms with van der Waals surface area (Å²) in [5, 5.41) is 11.4. The molecule has 0 atom stereocenters. The molecule has 0 saturated heterocycles. The van der Waals surface area contributed by atoms with Gasteiger partial charge in [0.25, 0.3) is 0 Å². The zero-order chi connectivity index (χ0) is 10.6. The van der Waals surface area contributed by atoms with Crippen LogP contribution in [0.4, 0.5) is 5.69 Å². The third kappa shape index (κ3) is 2.39. The number of oxime groups is 1. The number of hydrogen-bond donors (Lipinski definition) is 2. The van der Waals surface area contributed by atoms with Gasteiger partial charge in [0.05, 0.1) is 6.54 Å². The van der Waals surface area contributed by atoms with Crippen molar-refractivity contribution in [1.29, 1.82) is 0 Å². The van der Waals surface area contributed by atoms with Gasteiger partial charge in [0, 0.05) is 12.7 Å². The number of rotatable bonds is 3. The third-order valence-corrected chi connectivity index (χ3v) is 2.05. The second kappa shape index (κ2) is 4.50. The molecule has 0 aliphatic rings. The summed E-state index contributed by atoms with van der Waals surface area (Å²) in [6.45, 7) is 2.44. The minimum Gasteiger partial charge on any atom is -0.409 e. The Morgan fingerprint density at radius 1 is 1.50 bits per heavy atom. The first-order valence-corrected chi connectivity index (χ1v) is 4.38. The lowest BCUT2D eigenvalue weighted by molar-refractivity contribution is 0.317. The molecule has 0 aromatic heterocycles. The Balaban J connectivity index is 2.79. The number of nitrogens with zero attached hydrogens (tertiary/aromatic N) is 2. The van der Waals surface area contributed by atoms with Gasteiger partial charge in [-0.1, -0.05) is 23.4 Å². The molecule has 1 aromatic rings. The maximum atomic E-state index is 8.44. The first-order valence-electron chi connectivity index (χ1n) is 4.38. The highest BCUT2D eigenvalue weighted by molar-refractivity contribution is 5.84. The molecular formula is C10H15N3O. The Labute approximate surface area is 83.6 Å². The standard InChI is InChI=1S/C10H15N3O/c1-8-5-3-4-6-9(8)13(2)7-10(11)12-14/h3-6,14H,7H2,1-2H3,(H2,11,12). The van der Waals surface area contributed by atoms with Crippen LogP contribution in [0, 0.1) is 6.92 Å². The SMILES string of the molecule is Cc1ccccc1N(C)CC(N)=NO. The molecule has 0 bridgehead atoms. The van der Waals surface area contributed by atoms with E-state index in [1.807, 2.05) is 43.1 Å². The van der Waals surface area contributed by atoms with Crippen LogP contribution >= 0.6 is 0 Å². The van der Waals surface area contributed by atoms with Gasteiger partial charge < -0.3 is 15.8 Å². The molecule has 14 heavy (non-hydrogen) atoms. The van der Waals surface area contributed by atoms with Crippen LogP contribution in [-0.4, -0.2) is 24.6 Å². The van der Waals surface area contributed by atoms with Gasteiger partial charge in [-0.3, -0.25) is 0 Å². The van der Waals surface area contributed by atoms with E-state index in [9.17, 15) is 0 Å². The summed E-state index contributed by atoms with van der Waals surface area (Å²) in [4.78, 5) is 1.93. The summed E-state index contributed by atoms with van der Waals surface area (Å²) in [5.74, 6) is 0.204. The molecular weight excluding hydrogens is 178 g/mol. The van der Waals surface area contributed by atoms with Crippen molar-refractivity contribution in [2.75, 3.05) is 18.5 Å². The molecule has 0 spiro atoms. The molecule has 0 amide bonds. The molecule has 0 aliphatic heterocycles. The zero-order valence-electron chi connectivity index (χ0n) is 8.44. The fourth-order valence-electron chi connectivity index (χ4n) is 1.35. The van der Waals surface area contributed by atoms with Crippen LogP contribution in [0.3, 0.4) is 0 Å². The average Bonchev–Trinajstić information content (AvgIpc) is 2.18. The lowest BCUT2D eigenvalue weighted by Crippen LogP contribution is -2.31. The monoisotopic (exact) mass is 193 g/mol. The van der Waals surface area contributed by atoms with Gasteiger partial charge >= 0.3 is 0 Å². The van der Waals surface area contributed by atoms with Crippen molar-refractivity contribution < 1.29 is 5.21 Å². The van der Waals surface area contributed by atoms with E-state index in [2.05, 4.69) is 5.16 Å². The second-order valence-corrected chi connectivity index (χ2v) is 3.23. The first-order chi connectivity index (χ1) is 6.65. The highest BCUT2D eigenvalue weighted by Crippen LogP contribution is 2.16. The fourth-order valence-corrected chi connectivity index (χ4v) is 1.35. The summed E-state index contributed by atoms with van der Waals surface area (Å²) in [5.41, 5.74) is 7.67. The van der Waals surface area contributed by atoms with Gasteiger partial charge in [-0.15, -0.1) is 0 Å². The van der Waals surface area contributed by atoms with Crippen molar-refractivity contribution >= 4 is 11.5 Å². The number of anilines is 1. The number of amidine groups is 1. The Kier molecular flexibility index (Phi) is 3.34. The number of para-hydroxylation sites is 1. The normalized spacial score (nSPS) is 11.4. The summed E-state index contributed by atoms with van der Waals surface area (Å²) < 4.78 is 0.